The lowest BCUT2D eigenvalue weighted by molar-refractivity contribution is 0.0322. The van der Waals surface area contributed by atoms with Crippen molar-refractivity contribution in [3.05, 3.63) is 27.6 Å². The van der Waals surface area contributed by atoms with E-state index in [4.69, 9.17) is 9.47 Å². The third-order valence-corrected chi connectivity index (χ3v) is 3.44. The monoisotopic (exact) mass is 314 g/mol. The molecule has 1 fully saturated rings. The molecular formula is C12H15BrN2O3. The van der Waals surface area contributed by atoms with Crippen LogP contribution in [0.3, 0.4) is 0 Å². The van der Waals surface area contributed by atoms with E-state index in [1.54, 1.807) is 18.2 Å². The largest absolute Gasteiger partial charge is 0.491 e. The lowest BCUT2D eigenvalue weighted by atomic mass is 10.3. The van der Waals surface area contributed by atoms with E-state index in [1.165, 1.54) is 0 Å². The second kappa shape index (κ2) is 6.82. The molecule has 0 amide bonds. The Morgan fingerprint density at radius 3 is 2.89 bits per heavy atom. The van der Waals surface area contributed by atoms with Gasteiger partial charge in [0, 0.05) is 25.7 Å². The molecule has 1 saturated heterocycles. The fourth-order valence-corrected chi connectivity index (χ4v) is 2.13. The second-order valence-corrected chi connectivity index (χ2v) is 4.86. The molecule has 2 rings (SSSR count). The first-order valence-corrected chi connectivity index (χ1v) is 6.65. The Morgan fingerprint density at radius 2 is 2.17 bits per heavy atom. The van der Waals surface area contributed by atoms with Gasteiger partial charge in [-0.3, -0.25) is 4.90 Å². The Kier molecular flexibility index (Phi) is 5.10. The maximum absolute atomic E-state index is 10.4. The van der Waals surface area contributed by atoms with Crippen LogP contribution in [0.2, 0.25) is 0 Å². The van der Waals surface area contributed by atoms with Gasteiger partial charge in [-0.1, -0.05) is 0 Å². The predicted molar refractivity (Wildman–Crippen MR) is 72.4 cm³/mol. The number of morpholine rings is 1. The van der Waals surface area contributed by atoms with E-state index >= 15 is 0 Å². The van der Waals surface area contributed by atoms with Crippen molar-refractivity contribution < 1.29 is 9.47 Å². The molecule has 1 heterocycles. The van der Waals surface area contributed by atoms with Crippen molar-refractivity contribution in [2.24, 2.45) is 5.18 Å². The topological polar surface area (TPSA) is 51.1 Å². The van der Waals surface area contributed by atoms with Crippen LogP contribution < -0.4 is 4.74 Å². The zero-order chi connectivity index (χ0) is 12.8. The number of ether oxygens (including phenoxy) is 2. The molecular weight excluding hydrogens is 300 g/mol. The molecule has 18 heavy (non-hydrogen) atoms. The summed E-state index contributed by atoms with van der Waals surface area (Å²) in [7, 11) is 0. The summed E-state index contributed by atoms with van der Waals surface area (Å²) in [5.74, 6) is 0.653. The molecule has 0 atom stereocenters. The number of halogens is 1. The molecule has 0 radical (unpaired) electrons. The minimum Gasteiger partial charge on any atom is -0.491 e. The van der Waals surface area contributed by atoms with Crippen LogP contribution in [0.25, 0.3) is 0 Å². The van der Waals surface area contributed by atoms with Crippen molar-refractivity contribution in [2.75, 3.05) is 39.5 Å². The molecule has 0 unspecified atom stereocenters. The summed E-state index contributed by atoms with van der Waals surface area (Å²) in [6, 6.07) is 5.04. The summed E-state index contributed by atoms with van der Waals surface area (Å²) < 4.78 is 11.8. The van der Waals surface area contributed by atoms with Crippen molar-refractivity contribution >= 4 is 21.6 Å². The van der Waals surface area contributed by atoms with E-state index in [0.717, 1.165) is 37.3 Å². The van der Waals surface area contributed by atoms with E-state index < -0.39 is 0 Å². The molecule has 1 aliphatic heterocycles. The van der Waals surface area contributed by atoms with Crippen LogP contribution in [0.4, 0.5) is 5.69 Å². The normalized spacial score (nSPS) is 16.5. The van der Waals surface area contributed by atoms with Gasteiger partial charge < -0.3 is 9.47 Å². The molecule has 0 aliphatic carbocycles. The molecule has 0 aromatic heterocycles. The van der Waals surface area contributed by atoms with Crippen molar-refractivity contribution in [1.82, 2.24) is 4.90 Å². The van der Waals surface area contributed by atoms with E-state index in [-0.39, 0.29) is 0 Å². The zero-order valence-electron chi connectivity index (χ0n) is 9.97. The van der Waals surface area contributed by atoms with Crippen LogP contribution in [-0.4, -0.2) is 44.4 Å². The molecule has 0 spiro atoms. The number of hydrogen-bond donors (Lipinski definition) is 0. The lowest BCUT2D eigenvalue weighted by Gasteiger charge is -2.26. The van der Waals surface area contributed by atoms with Crippen molar-refractivity contribution in [1.29, 1.82) is 0 Å². The van der Waals surface area contributed by atoms with E-state index in [2.05, 4.69) is 26.0 Å². The standard InChI is InChI=1S/C12H15BrN2O3/c13-11-2-1-10(14-16)9-12(11)18-8-5-15-3-6-17-7-4-15/h1-2,9H,3-8H2. The molecule has 1 aliphatic rings. The highest BCUT2D eigenvalue weighted by Crippen LogP contribution is 2.29. The molecule has 1 aromatic carbocycles. The number of hydrogen-bond acceptors (Lipinski definition) is 5. The van der Waals surface area contributed by atoms with Gasteiger partial charge in [-0.05, 0) is 33.2 Å². The molecule has 0 N–H and O–H groups in total. The highest BCUT2D eigenvalue weighted by Gasteiger charge is 2.10. The van der Waals surface area contributed by atoms with Gasteiger partial charge in [0.2, 0.25) is 0 Å². The van der Waals surface area contributed by atoms with Gasteiger partial charge in [0.25, 0.3) is 0 Å². The molecule has 98 valence electrons. The number of nitrogens with zero attached hydrogens (tertiary/aromatic N) is 2. The van der Waals surface area contributed by atoms with Gasteiger partial charge in [-0.25, -0.2) is 0 Å². The van der Waals surface area contributed by atoms with Gasteiger partial charge in [0.15, 0.2) is 0 Å². The molecule has 6 heteroatoms. The highest BCUT2D eigenvalue weighted by atomic mass is 79.9. The SMILES string of the molecule is O=Nc1ccc(Br)c(OCCN2CCOCC2)c1. The first kappa shape index (κ1) is 13.5. The Hall–Kier alpha value is -0.980. The smallest absolute Gasteiger partial charge is 0.135 e. The maximum Gasteiger partial charge on any atom is 0.135 e. The Morgan fingerprint density at radius 1 is 1.39 bits per heavy atom. The van der Waals surface area contributed by atoms with Crippen LogP contribution in [-0.2, 0) is 4.74 Å². The van der Waals surface area contributed by atoms with Gasteiger partial charge in [-0.15, -0.1) is 4.91 Å². The maximum atomic E-state index is 10.4. The Labute approximate surface area is 114 Å². The molecule has 0 bridgehead atoms. The van der Waals surface area contributed by atoms with Crippen LogP contribution >= 0.6 is 15.9 Å². The third kappa shape index (κ3) is 3.76. The second-order valence-electron chi connectivity index (χ2n) is 4.01. The van der Waals surface area contributed by atoms with Crippen molar-refractivity contribution in [3.63, 3.8) is 0 Å². The summed E-state index contributed by atoms with van der Waals surface area (Å²) >= 11 is 3.38. The Balaban J connectivity index is 1.83. The quantitative estimate of drug-likeness (QED) is 0.784. The summed E-state index contributed by atoms with van der Waals surface area (Å²) in [4.78, 5) is 12.7. The van der Waals surface area contributed by atoms with Crippen LogP contribution in [0.15, 0.2) is 27.8 Å². The fraction of sp³-hybridized carbons (Fsp3) is 0.500. The minimum absolute atomic E-state index is 0.375. The minimum atomic E-state index is 0.375. The molecule has 5 nitrogen and oxygen atoms in total. The summed E-state index contributed by atoms with van der Waals surface area (Å²) in [6.07, 6.45) is 0. The zero-order valence-corrected chi connectivity index (χ0v) is 11.6. The van der Waals surface area contributed by atoms with Crippen LogP contribution in [0, 0.1) is 4.91 Å². The van der Waals surface area contributed by atoms with E-state index in [9.17, 15) is 4.91 Å². The average Bonchev–Trinajstić information content (AvgIpc) is 2.42. The Bertz CT molecular complexity index is 408. The number of nitroso groups, excluding NO2 is 1. The first-order chi connectivity index (χ1) is 8.79. The van der Waals surface area contributed by atoms with E-state index in [1.807, 2.05) is 0 Å². The third-order valence-electron chi connectivity index (χ3n) is 2.79. The molecule has 0 saturated carbocycles. The van der Waals surface area contributed by atoms with E-state index in [0.29, 0.717) is 18.0 Å². The number of benzene rings is 1. The van der Waals surface area contributed by atoms with Gasteiger partial charge in [0.1, 0.15) is 18.0 Å². The van der Waals surface area contributed by atoms with Crippen LogP contribution in [0.5, 0.6) is 5.75 Å². The summed E-state index contributed by atoms with van der Waals surface area (Å²) in [6.45, 7) is 4.90. The predicted octanol–water partition coefficient (Wildman–Crippen LogP) is 2.56. The summed E-state index contributed by atoms with van der Waals surface area (Å²) in [5.41, 5.74) is 0.375. The van der Waals surface area contributed by atoms with Gasteiger partial charge in [-0.2, -0.15) is 0 Å². The lowest BCUT2D eigenvalue weighted by Crippen LogP contribution is -2.38. The van der Waals surface area contributed by atoms with Gasteiger partial charge >= 0.3 is 0 Å². The summed E-state index contributed by atoms with van der Waals surface area (Å²) in [5, 5.41) is 2.89. The number of rotatable bonds is 5. The van der Waals surface area contributed by atoms with Crippen molar-refractivity contribution in [2.45, 2.75) is 0 Å². The highest BCUT2D eigenvalue weighted by molar-refractivity contribution is 9.10. The van der Waals surface area contributed by atoms with Crippen molar-refractivity contribution in [3.8, 4) is 5.75 Å². The average molecular weight is 315 g/mol. The van der Waals surface area contributed by atoms with Gasteiger partial charge in [0.05, 0.1) is 17.7 Å². The molecule has 1 aromatic rings. The fourth-order valence-electron chi connectivity index (χ4n) is 1.77. The van der Waals surface area contributed by atoms with Crippen LogP contribution in [0.1, 0.15) is 0 Å². The first-order valence-electron chi connectivity index (χ1n) is 5.85.